The summed E-state index contributed by atoms with van der Waals surface area (Å²) in [6.07, 6.45) is 5.20. The van der Waals surface area contributed by atoms with Gasteiger partial charge in [-0.2, -0.15) is 0 Å². The molecule has 0 spiro atoms. The molecule has 2 fully saturated rings. The number of carbonyl (C=O) groups is 2. The van der Waals surface area contributed by atoms with E-state index < -0.39 is 5.82 Å². The molecule has 5 rings (SSSR count). The molecule has 202 valence electrons. The largest absolute Gasteiger partial charge is 0.494 e. The van der Waals surface area contributed by atoms with Gasteiger partial charge >= 0.3 is 0 Å². The first-order valence-corrected chi connectivity index (χ1v) is 12.9. The predicted molar refractivity (Wildman–Crippen MR) is 140 cm³/mol. The highest BCUT2D eigenvalue weighted by Crippen LogP contribution is 2.40. The van der Waals surface area contributed by atoms with Gasteiger partial charge in [-0.15, -0.1) is 0 Å². The van der Waals surface area contributed by atoms with Gasteiger partial charge in [0.2, 0.25) is 5.91 Å². The molecule has 0 bridgehead atoms. The summed E-state index contributed by atoms with van der Waals surface area (Å²) in [4.78, 5) is 35.1. The molecule has 1 aromatic carbocycles. The third-order valence-electron chi connectivity index (χ3n) is 7.27. The molecule has 2 amide bonds. The summed E-state index contributed by atoms with van der Waals surface area (Å²) in [5, 5.41) is 3.12. The minimum atomic E-state index is -0.495. The summed E-state index contributed by atoms with van der Waals surface area (Å²) in [5.41, 5.74) is 3.75. The van der Waals surface area contributed by atoms with E-state index in [-0.39, 0.29) is 30.2 Å². The Morgan fingerprint density at radius 1 is 1.13 bits per heavy atom. The third-order valence-corrected chi connectivity index (χ3v) is 7.27. The van der Waals surface area contributed by atoms with Gasteiger partial charge in [0.1, 0.15) is 17.9 Å². The Bertz CT molecular complexity index is 1340. The quantitative estimate of drug-likeness (QED) is 0.441. The molecule has 1 aliphatic heterocycles. The number of aromatic nitrogens is 2. The highest BCUT2D eigenvalue weighted by molar-refractivity contribution is 6.09. The molecule has 1 saturated carbocycles. The number of halogens is 1. The first-order chi connectivity index (χ1) is 18.4. The number of piperidine rings is 1. The number of carbonyl (C=O) groups excluding carboxylic acids is 2. The van der Waals surface area contributed by atoms with E-state index in [1.807, 2.05) is 13.0 Å². The lowest BCUT2D eigenvalue weighted by atomic mass is 10.0. The molecule has 2 N–H and O–H groups in total. The number of likely N-dealkylation sites (tertiary alicyclic amines) is 1. The monoisotopic (exact) mass is 524 g/mol. The molecule has 0 radical (unpaired) electrons. The van der Waals surface area contributed by atoms with Crippen LogP contribution in [0.4, 0.5) is 4.39 Å². The van der Waals surface area contributed by atoms with E-state index >= 15 is 0 Å². The van der Waals surface area contributed by atoms with Gasteiger partial charge in [0.15, 0.2) is 11.6 Å². The molecule has 1 saturated heterocycles. The number of rotatable bonds is 9. The van der Waals surface area contributed by atoms with Crippen molar-refractivity contribution in [3.8, 4) is 22.6 Å². The van der Waals surface area contributed by atoms with Crippen molar-refractivity contribution in [1.82, 2.24) is 20.2 Å². The lowest BCUT2D eigenvalue weighted by molar-refractivity contribution is -0.136. The smallest absolute Gasteiger partial charge is 0.255 e. The van der Waals surface area contributed by atoms with Crippen LogP contribution in [0.15, 0.2) is 24.4 Å². The van der Waals surface area contributed by atoms with Gasteiger partial charge in [0.05, 0.1) is 24.8 Å². The molecule has 3 aromatic rings. The Balaban J connectivity index is 1.41. The van der Waals surface area contributed by atoms with Crippen LogP contribution in [0.25, 0.3) is 22.2 Å². The second-order valence-electron chi connectivity index (χ2n) is 10.0. The minimum Gasteiger partial charge on any atom is -0.494 e. The van der Waals surface area contributed by atoms with Crippen molar-refractivity contribution < 1.29 is 28.2 Å². The summed E-state index contributed by atoms with van der Waals surface area (Å²) in [6.45, 7) is 3.56. The molecule has 2 aliphatic rings. The summed E-state index contributed by atoms with van der Waals surface area (Å²) in [6, 6.07) is 4.76. The van der Waals surface area contributed by atoms with Gasteiger partial charge in [-0.3, -0.25) is 14.6 Å². The highest BCUT2D eigenvalue weighted by atomic mass is 19.1. The minimum absolute atomic E-state index is 0.0422. The lowest BCUT2D eigenvalue weighted by Gasteiger charge is -2.32. The van der Waals surface area contributed by atoms with Crippen LogP contribution in [-0.2, 0) is 9.53 Å². The van der Waals surface area contributed by atoms with E-state index in [0.717, 1.165) is 18.4 Å². The molecule has 9 nitrogen and oxygen atoms in total. The molecule has 0 atom stereocenters. The zero-order valence-electron chi connectivity index (χ0n) is 21.9. The maximum absolute atomic E-state index is 14.6. The number of H-pyrrole nitrogens is 1. The average Bonchev–Trinajstić information content (AvgIpc) is 3.67. The molecule has 38 heavy (non-hydrogen) atoms. The van der Waals surface area contributed by atoms with Crippen molar-refractivity contribution in [3.63, 3.8) is 0 Å². The Labute approximate surface area is 220 Å². The highest BCUT2D eigenvalue weighted by Gasteiger charge is 2.28. The lowest BCUT2D eigenvalue weighted by Crippen LogP contribution is -2.47. The maximum Gasteiger partial charge on any atom is 0.255 e. The van der Waals surface area contributed by atoms with Crippen molar-refractivity contribution in [2.45, 2.75) is 38.6 Å². The van der Waals surface area contributed by atoms with Crippen LogP contribution in [0.3, 0.4) is 0 Å². The van der Waals surface area contributed by atoms with E-state index in [2.05, 4.69) is 15.3 Å². The summed E-state index contributed by atoms with van der Waals surface area (Å²) in [5.74, 6) is 0.279. The van der Waals surface area contributed by atoms with Gasteiger partial charge in [-0.1, -0.05) is 0 Å². The van der Waals surface area contributed by atoms with Crippen molar-refractivity contribution in [1.29, 1.82) is 0 Å². The number of ether oxygens (including phenoxy) is 3. The Morgan fingerprint density at radius 3 is 2.58 bits per heavy atom. The zero-order valence-corrected chi connectivity index (χ0v) is 21.9. The molecule has 1 aliphatic carbocycles. The topological polar surface area (TPSA) is 106 Å². The van der Waals surface area contributed by atoms with E-state index in [9.17, 15) is 14.0 Å². The molecule has 2 aromatic heterocycles. The normalized spacial score (nSPS) is 16.1. The second-order valence-corrected chi connectivity index (χ2v) is 10.0. The average molecular weight is 525 g/mol. The van der Waals surface area contributed by atoms with Crippen LogP contribution in [0.1, 0.15) is 41.7 Å². The fraction of sp³-hybridized carbons (Fsp3) is 0.464. The van der Waals surface area contributed by atoms with Crippen LogP contribution < -0.4 is 14.8 Å². The summed E-state index contributed by atoms with van der Waals surface area (Å²) in [7, 11) is 2.93. The fourth-order valence-corrected chi connectivity index (χ4v) is 4.97. The van der Waals surface area contributed by atoms with E-state index in [1.54, 1.807) is 17.2 Å². The Morgan fingerprint density at radius 2 is 1.89 bits per heavy atom. The van der Waals surface area contributed by atoms with E-state index in [4.69, 9.17) is 14.2 Å². The van der Waals surface area contributed by atoms with E-state index in [0.29, 0.717) is 72.1 Å². The molecule has 10 heteroatoms. The number of fused-ring (bicyclic) bond motifs is 1. The van der Waals surface area contributed by atoms with Crippen LogP contribution in [0, 0.1) is 18.7 Å². The number of benzene rings is 1. The van der Waals surface area contributed by atoms with Gasteiger partial charge < -0.3 is 29.4 Å². The van der Waals surface area contributed by atoms with Crippen molar-refractivity contribution in [3.05, 3.63) is 41.5 Å². The van der Waals surface area contributed by atoms with Crippen LogP contribution in [0.2, 0.25) is 0 Å². The Kier molecular flexibility index (Phi) is 7.51. The predicted octanol–water partition coefficient (Wildman–Crippen LogP) is 3.84. The van der Waals surface area contributed by atoms with Crippen molar-refractivity contribution in [2.24, 2.45) is 5.92 Å². The number of hydrogen-bond donors (Lipinski definition) is 2. The second kappa shape index (κ2) is 11.0. The molecule has 3 heterocycles. The van der Waals surface area contributed by atoms with Crippen LogP contribution in [0.5, 0.6) is 11.5 Å². The maximum atomic E-state index is 14.6. The number of hydrogen-bond acceptors (Lipinski definition) is 6. The van der Waals surface area contributed by atoms with Crippen molar-refractivity contribution >= 4 is 22.8 Å². The molecular weight excluding hydrogens is 491 g/mol. The number of amides is 2. The van der Waals surface area contributed by atoms with Crippen molar-refractivity contribution in [2.75, 3.05) is 40.5 Å². The van der Waals surface area contributed by atoms with E-state index in [1.165, 1.54) is 20.3 Å². The number of methoxy groups -OCH3 is 2. The molecule has 0 unspecified atom stereocenters. The number of nitrogens with zero attached hydrogens (tertiary/aromatic N) is 2. The summed E-state index contributed by atoms with van der Waals surface area (Å²) >= 11 is 0. The number of aryl methyl sites for hydroxylation is 1. The first kappa shape index (κ1) is 26.0. The SMILES string of the molecule is COCC(=O)N1CCC(NC(=O)c2c(C)[nH]c3c(-c4cc(OC)c(F)cc4OCC4CC4)ccnc23)CC1. The third kappa shape index (κ3) is 5.31. The molecular formula is C28H33FN4O5. The number of nitrogens with one attached hydrogen (secondary N) is 2. The summed E-state index contributed by atoms with van der Waals surface area (Å²) < 4.78 is 30.8. The van der Waals surface area contributed by atoms with Gasteiger partial charge in [0.25, 0.3) is 5.91 Å². The number of aromatic amines is 1. The van der Waals surface area contributed by atoms with Crippen LogP contribution in [-0.4, -0.2) is 73.2 Å². The Hall–Kier alpha value is -3.66. The van der Waals surface area contributed by atoms with Gasteiger partial charge in [0, 0.05) is 55.3 Å². The van der Waals surface area contributed by atoms with Gasteiger partial charge in [-0.25, -0.2) is 4.39 Å². The van der Waals surface area contributed by atoms with Crippen LogP contribution >= 0.6 is 0 Å². The standard InChI is InChI=1S/C28H33FN4O5/c1-16-25(28(35)32-18-7-10-33(11-8-18)24(34)15-36-2)27-26(31-16)19(6-9-30-27)20-12-23(37-3)21(29)13-22(20)38-14-17-4-5-17/h6,9,12-13,17-18,31H,4-5,7-8,10-11,14-15H2,1-3H3,(H,32,35). The first-order valence-electron chi connectivity index (χ1n) is 12.9. The zero-order chi connectivity index (χ0) is 26.8. The van der Waals surface area contributed by atoms with Gasteiger partial charge in [-0.05, 0) is 50.7 Å². The fourth-order valence-electron chi connectivity index (χ4n) is 4.97. The number of pyridine rings is 1.